The van der Waals surface area contributed by atoms with Crippen LogP contribution in [-0.4, -0.2) is 30.1 Å². The molecule has 1 aromatic heterocycles. The summed E-state index contributed by atoms with van der Waals surface area (Å²) in [5.41, 5.74) is -0.608. The molecular weight excluding hydrogens is 256 g/mol. The van der Waals surface area contributed by atoms with E-state index in [0.29, 0.717) is 16.4 Å². The van der Waals surface area contributed by atoms with Crippen LogP contribution in [0.4, 0.5) is 4.79 Å². The van der Waals surface area contributed by atoms with Crippen LogP contribution >= 0.6 is 11.3 Å². The predicted molar refractivity (Wildman–Crippen MR) is 66.8 cm³/mol. The molecule has 18 heavy (non-hydrogen) atoms. The Morgan fingerprint density at radius 3 is 2.67 bits per heavy atom. The Balaban J connectivity index is 2.67. The summed E-state index contributed by atoms with van der Waals surface area (Å²) >= 11 is 1.19. The summed E-state index contributed by atoms with van der Waals surface area (Å²) < 4.78 is 9.99. The molecule has 0 fully saturated rings. The molecule has 1 N–H and O–H groups in total. The van der Waals surface area contributed by atoms with Crippen LogP contribution in [0.5, 0.6) is 5.19 Å². The topological polar surface area (TPSA) is 77.5 Å². The van der Waals surface area contributed by atoms with E-state index in [4.69, 9.17) is 9.47 Å². The van der Waals surface area contributed by atoms with Crippen molar-refractivity contribution in [3.63, 3.8) is 0 Å². The first kappa shape index (κ1) is 14.4. The van der Waals surface area contributed by atoms with Crippen molar-refractivity contribution in [3.05, 3.63) is 11.1 Å². The second-order valence-electron chi connectivity index (χ2n) is 4.49. The van der Waals surface area contributed by atoms with Gasteiger partial charge in [-0.1, -0.05) is 11.3 Å². The quantitative estimate of drug-likeness (QED) is 0.847. The second-order valence-corrected chi connectivity index (χ2v) is 5.52. The van der Waals surface area contributed by atoms with E-state index in [2.05, 4.69) is 10.3 Å². The lowest BCUT2D eigenvalue weighted by Crippen LogP contribution is -2.35. The highest BCUT2D eigenvalue weighted by molar-refractivity contribution is 7.13. The highest BCUT2D eigenvalue weighted by Crippen LogP contribution is 2.25. The smallest absolute Gasteiger partial charge is 0.408 e. The van der Waals surface area contributed by atoms with Crippen LogP contribution in [-0.2, 0) is 9.53 Å². The Kier molecular flexibility index (Phi) is 4.66. The van der Waals surface area contributed by atoms with Gasteiger partial charge in [-0.3, -0.25) is 0 Å². The molecule has 7 heteroatoms. The molecule has 1 unspecified atom stereocenters. The number of hydrogen-bond acceptors (Lipinski definition) is 6. The minimum Gasteiger partial charge on any atom is -0.473 e. The van der Waals surface area contributed by atoms with Gasteiger partial charge in [-0.25, -0.2) is 9.78 Å². The number of aldehydes is 1. The van der Waals surface area contributed by atoms with E-state index in [9.17, 15) is 9.59 Å². The normalized spacial score (nSPS) is 12.7. The zero-order valence-corrected chi connectivity index (χ0v) is 11.5. The minimum atomic E-state index is -0.777. The Morgan fingerprint density at radius 1 is 1.56 bits per heavy atom. The summed E-state index contributed by atoms with van der Waals surface area (Å²) in [4.78, 5) is 27.0. The maximum atomic E-state index is 11.5. The monoisotopic (exact) mass is 272 g/mol. The molecule has 100 valence electrons. The molecule has 0 bridgehead atoms. The molecule has 1 aromatic rings. The van der Waals surface area contributed by atoms with Gasteiger partial charge in [-0.2, -0.15) is 0 Å². The molecule has 0 saturated heterocycles. The van der Waals surface area contributed by atoms with Crippen LogP contribution in [0.25, 0.3) is 0 Å². The lowest BCUT2D eigenvalue weighted by atomic mass is 10.2. The largest absolute Gasteiger partial charge is 0.473 e. The molecule has 0 radical (unpaired) electrons. The molecular formula is C11H16N2O4S. The van der Waals surface area contributed by atoms with Crippen LogP contribution in [0.3, 0.4) is 0 Å². The van der Waals surface area contributed by atoms with E-state index in [1.54, 1.807) is 20.8 Å². The van der Waals surface area contributed by atoms with Gasteiger partial charge in [-0.15, -0.1) is 0 Å². The number of hydrogen-bond donors (Lipinski definition) is 1. The first-order chi connectivity index (χ1) is 8.35. The van der Waals surface area contributed by atoms with E-state index in [0.717, 1.165) is 0 Å². The summed E-state index contributed by atoms with van der Waals surface area (Å²) in [6.07, 6.45) is 1.46. The Labute approximate surface area is 109 Å². The van der Waals surface area contributed by atoms with E-state index in [-0.39, 0.29) is 0 Å². The Morgan fingerprint density at radius 2 is 2.22 bits per heavy atom. The van der Waals surface area contributed by atoms with Gasteiger partial charge in [0.15, 0.2) is 0 Å². The molecule has 0 spiro atoms. The molecule has 1 heterocycles. The van der Waals surface area contributed by atoms with Crippen LogP contribution in [0.2, 0.25) is 0 Å². The molecule has 1 amide bonds. The fourth-order valence-electron chi connectivity index (χ4n) is 1.11. The van der Waals surface area contributed by atoms with E-state index < -0.39 is 17.7 Å². The summed E-state index contributed by atoms with van der Waals surface area (Å²) in [5, 5.41) is 2.90. The standard InChI is InChI=1S/C11H16N2O4S/c1-11(2,3)17-9(15)13-7(6-14)8-5-12-10(16-4)18-8/h5-7H,1-4H3,(H,13,15). The van der Waals surface area contributed by atoms with Crippen molar-refractivity contribution in [3.8, 4) is 5.19 Å². The van der Waals surface area contributed by atoms with E-state index in [1.165, 1.54) is 24.6 Å². The highest BCUT2D eigenvalue weighted by atomic mass is 32.1. The third-order valence-electron chi connectivity index (χ3n) is 1.79. The third-order valence-corrected chi connectivity index (χ3v) is 2.83. The van der Waals surface area contributed by atoms with Crippen molar-refractivity contribution >= 4 is 23.7 Å². The molecule has 0 saturated carbocycles. The molecule has 1 atom stereocenters. The maximum Gasteiger partial charge on any atom is 0.408 e. The fourth-order valence-corrected chi connectivity index (χ4v) is 1.85. The molecule has 0 aromatic carbocycles. The summed E-state index contributed by atoms with van der Waals surface area (Å²) in [6, 6.07) is -0.777. The van der Waals surface area contributed by atoms with Gasteiger partial charge in [-0.05, 0) is 20.8 Å². The Bertz CT molecular complexity index is 425. The number of nitrogens with zero attached hydrogens (tertiary/aromatic N) is 1. The van der Waals surface area contributed by atoms with Gasteiger partial charge < -0.3 is 19.6 Å². The number of aromatic nitrogens is 1. The number of rotatable bonds is 4. The second kappa shape index (κ2) is 5.81. The van der Waals surface area contributed by atoms with Gasteiger partial charge in [0.25, 0.3) is 5.19 Å². The fraction of sp³-hybridized carbons (Fsp3) is 0.545. The molecule has 0 aliphatic carbocycles. The van der Waals surface area contributed by atoms with Crippen molar-refractivity contribution in [1.29, 1.82) is 0 Å². The van der Waals surface area contributed by atoms with Crippen LogP contribution in [0, 0.1) is 0 Å². The van der Waals surface area contributed by atoms with Gasteiger partial charge in [0.2, 0.25) is 0 Å². The van der Waals surface area contributed by atoms with Gasteiger partial charge in [0.05, 0.1) is 12.0 Å². The average Bonchev–Trinajstić information content (AvgIpc) is 2.71. The summed E-state index contributed by atoms with van der Waals surface area (Å²) in [5.74, 6) is 0. The van der Waals surface area contributed by atoms with Crippen LogP contribution in [0.15, 0.2) is 6.20 Å². The summed E-state index contributed by atoms with van der Waals surface area (Å²) in [6.45, 7) is 5.24. The number of thiazole rings is 1. The SMILES string of the molecule is COc1ncc(C(C=O)NC(=O)OC(C)(C)C)s1. The van der Waals surface area contributed by atoms with Crippen molar-refractivity contribution in [2.24, 2.45) is 0 Å². The van der Waals surface area contributed by atoms with Crippen molar-refractivity contribution in [2.45, 2.75) is 32.4 Å². The van der Waals surface area contributed by atoms with Crippen LogP contribution < -0.4 is 10.1 Å². The number of alkyl carbamates (subject to hydrolysis) is 1. The van der Waals surface area contributed by atoms with Crippen molar-refractivity contribution in [1.82, 2.24) is 10.3 Å². The van der Waals surface area contributed by atoms with Gasteiger partial charge in [0, 0.05) is 6.20 Å². The van der Waals surface area contributed by atoms with E-state index in [1.807, 2.05) is 0 Å². The lowest BCUT2D eigenvalue weighted by molar-refractivity contribution is -0.109. The van der Waals surface area contributed by atoms with Crippen molar-refractivity contribution in [2.75, 3.05) is 7.11 Å². The molecule has 6 nitrogen and oxygen atoms in total. The number of methoxy groups -OCH3 is 1. The highest BCUT2D eigenvalue weighted by Gasteiger charge is 2.21. The maximum absolute atomic E-state index is 11.5. The zero-order valence-electron chi connectivity index (χ0n) is 10.7. The number of amides is 1. The number of ether oxygens (including phenoxy) is 2. The summed E-state index contributed by atoms with van der Waals surface area (Å²) in [7, 11) is 1.49. The average molecular weight is 272 g/mol. The van der Waals surface area contributed by atoms with Gasteiger partial charge >= 0.3 is 6.09 Å². The Hall–Kier alpha value is -1.63. The van der Waals surface area contributed by atoms with Crippen molar-refractivity contribution < 1.29 is 19.1 Å². The third kappa shape index (κ3) is 4.33. The molecule has 1 rings (SSSR count). The number of carbonyl (C=O) groups is 2. The van der Waals surface area contributed by atoms with Crippen LogP contribution in [0.1, 0.15) is 31.7 Å². The lowest BCUT2D eigenvalue weighted by Gasteiger charge is -2.21. The minimum absolute atomic E-state index is 0.433. The van der Waals surface area contributed by atoms with Gasteiger partial charge in [0.1, 0.15) is 17.9 Å². The van der Waals surface area contributed by atoms with E-state index >= 15 is 0 Å². The first-order valence-corrected chi connectivity index (χ1v) is 6.12. The first-order valence-electron chi connectivity index (χ1n) is 5.30. The molecule has 0 aliphatic heterocycles. The molecule has 0 aliphatic rings. The number of nitrogens with one attached hydrogen (secondary N) is 1. The zero-order chi connectivity index (χ0) is 13.8. The predicted octanol–water partition coefficient (Wildman–Crippen LogP) is 1.92. The number of carbonyl (C=O) groups excluding carboxylic acids is 2.